The number of nitrogens with zero attached hydrogens (tertiary/aromatic N) is 1. The first kappa shape index (κ1) is 10.8. The topological polar surface area (TPSA) is 24.9 Å². The van der Waals surface area contributed by atoms with Crippen LogP contribution in [0.25, 0.3) is 0 Å². The van der Waals surface area contributed by atoms with Crippen molar-refractivity contribution in [2.45, 2.75) is 19.6 Å². The zero-order chi connectivity index (χ0) is 10.6. The van der Waals surface area contributed by atoms with Gasteiger partial charge in [0, 0.05) is 18.8 Å². The highest BCUT2D eigenvalue weighted by atomic mass is 28.3. The fourth-order valence-corrected chi connectivity index (χ4v) is 1.42. The van der Waals surface area contributed by atoms with E-state index in [0.717, 1.165) is 11.4 Å². The normalized spacial score (nSPS) is 10.3. The van der Waals surface area contributed by atoms with Crippen molar-refractivity contribution in [3.8, 4) is 11.5 Å². The molecule has 1 N–H and O–H groups in total. The summed E-state index contributed by atoms with van der Waals surface area (Å²) < 4.78 is 0. The van der Waals surface area contributed by atoms with Crippen LogP contribution < -0.4 is 5.32 Å². The molecule has 14 heavy (non-hydrogen) atoms. The van der Waals surface area contributed by atoms with E-state index in [1.54, 1.807) is 6.20 Å². The standard InChI is InChI=1S/C11H16N2Si/c1-12-11-9-10(5-7-13-11)6-8-14(2,3)4/h5,7,9H,1-4H3,(H,12,13). The molecule has 0 fully saturated rings. The highest BCUT2D eigenvalue weighted by Crippen LogP contribution is 2.05. The van der Waals surface area contributed by atoms with Gasteiger partial charge >= 0.3 is 0 Å². The fraction of sp³-hybridized carbons (Fsp3) is 0.364. The Hall–Kier alpha value is -1.27. The van der Waals surface area contributed by atoms with Crippen LogP contribution >= 0.6 is 0 Å². The van der Waals surface area contributed by atoms with Gasteiger partial charge in [-0.1, -0.05) is 25.6 Å². The Bertz CT molecular complexity index is 369. The monoisotopic (exact) mass is 204 g/mol. The Morgan fingerprint density at radius 2 is 2.07 bits per heavy atom. The lowest BCUT2D eigenvalue weighted by Crippen LogP contribution is -2.16. The maximum absolute atomic E-state index is 4.13. The SMILES string of the molecule is CNc1cc(C#C[Si](C)(C)C)ccn1. The third-order valence-corrected chi connectivity index (χ3v) is 2.47. The molecule has 1 rings (SSSR count). The van der Waals surface area contributed by atoms with Gasteiger partial charge in [0.1, 0.15) is 13.9 Å². The van der Waals surface area contributed by atoms with E-state index in [-0.39, 0.29) is 0 Å². The van der Waals surface area contributed by atoms with E-state index >= 15 is 0 Å². The first-order valence-electron chi connectivity index (χ1n) is 4.68. The molecule has 0 saturated carbocycles. The number of pyridine rings is 1. The van der Waals surface area contributed by atoms with Gasteiger partial charge in [-0.25, -0.2) is 4.98 Å². The second kappa shape index (κ2) is 4.29. The van der Waals surface area contributed by atoms with Crippen molar-refractivity contribution < 1.29 is 0 Å². The van der Waals surface area contributed by atoms with Crippen molar-refractivity contribution >= 4 is 13.9 Å². The fourth-order valence-electron chi connectivity index (χ4n) is 0.905. The van der Waals surface area contributed by atoms with Crippen LogP contribution in [-0.2, 0) is 0 Å². The van der Waals surface area contributed by atoms with Crippen molar-refractivity contribution in [1.82, 2.24) is 4.98 Å². The highest BCUT2D eigenvalue weighted by molar-refractivity contribution is 6.83. The maximum Gasteiger partial charge on any atom is 0.129 e. The molecule has 0 aliphatic heterocycles. The van der Waals surface area contributed by atoms with Crippen molar-refractivity contribution in [2.75, 3.05) is 12.4 Å². The van der Waals surface area contributed by atoms with Gasteiger partial charge in [0.05, 0.1) is 0 Å². The molecule has 0 atom stereocenters. The number of nitrogens with one attached hydrogen (secondary N) is 1. The summed E-state index contributed by atoms with van der Waals surface area (Å²) in [5, 5.41) is 3.00. The summed E-state index contributed by atoms with van der Waals surface area (Å²) in [6.45, 7) is 6.71. The zero-order valence-corrected chi connectivity index (χ0v) is 10.2. The smallest absolute Gasteiger partial charge is 0.129 e. The molecule has 0 bridgehead atoms. The van der Waals surface area contributed by atoms with Gasteiger partial charge in [-0.05, 0) is 12.1 Å². The number of rotatable bonds is 1. The Kier molecular flexibility index (Phi) is 3.31. The number of aromatic nitrogens is 1. The van der Waals surface area contributed by atoms with Crippen LogP contribution in [0.1, 0.15) is 5.56 Å². The van der Waals surface area contributed by atoms with Gasteiger partial charge in [-0.3, -0.25) is 0 Å². The van der Waals surface area contributed by atoms with E-state index < -0.39 is 8.07 Å². The Balaban J connectivity index is 2.90. The molecule has 1 aromatic heterocycles. The molecule has 0 aromatic carbocycles. The van der Waals surface area contributed by atoms with Crippen LogP contribution in [-0.4, -0.2) is 20.1 Å². The lowest BCUT2D eigenvalue weighted by Gasteiger charge is -2.03. The maximum atomic E-state index is 4.13. The molecule has 0 aliphatic rings. The predicted molar refractivity (Wildman–Crippen MR) is 64.0 cm³/mol. The summed E-state index contributed by atoms with van der Waals surface area (Å²) in [5.74, 6) is 4.06. The first-order chi connectivity index (χ1) is 6.51. The minimum absolute atomic E-state index is 0.868. The molecule has 0 saturated heterocycles. The van der Waals surface area contributed by atoms with Crippen molar-refractivity contribution in [2.24, 2.45) is 0 Å². The van der Waals surface area contributed by atoms with Gasteiger partial charge < -0.3 is 5.32 Å². The van der Waals surface area contributed by atoms with Gasteiger partial charge in [-0.15, -0.1) is 5.54 Å². The molecular formula is C11H16N2Si. The molecule has 0 radical (unpaired) electrons. The molecule has 0 amide bonds. The third-order valence-electron chi connectivity index (χ3n) is 1.60. The van der Waals surface area contributed by atoms with Crippen molar-refractivity contribution in [3.63, 3.8) is 0 Å². The number of anilines is 1. The number of hydrogen-bond acceptors (Lipinski definition) is 2. The highest BCUT2D eigenvalue weighted by Gasteiger charge is 2.07. The first-order valence-corrected chi connectivity index (χ1v) is 8.18. The van der Waals surface area contributed by atoms with Crippen molar-refractivity contribution in [1.29, 1.82) is 0 Å². The molecule has 0 unspecified atom stereocenters. The van der Waals surface area contributed by atoms with Gasteiger partial charge in [0.25, 0.3) is 0 Å². The van der Waals surface area contributed by atoms with Crippen LogP contribution in [0.3, 0.4) is 0 Å². The van der Waals surface area contributed by atoms with Gasteiger partial charge in [0.15, 0.2) is 0 Å². The predicted octanol–water partition coefficient (Wildman–Crippen LogP) is 2.35. The molecule has 1 heterocycles. The average Bonchev–Trinajstić information content (AvgIpc) is 2.14. The summed E-state index contributed by atoms with van der Waals surface area (Å²) in [4.78, 5) is 4.13. The largest absolute Gasteiger partial charge is 0.373 e. The lowest BCUT2D eigenvalue weighted by atomic mass is 10.3. The number of hydrogen-bond donors (Lipinski definition) is 1. The molecule has 1 aromatic rings. The molecule has 3 heteroatoms. The Labute approximate surface area is 86.8 Å². The zero-order valence-electron chi connectivity index (χ0n) is 9.18. The summed E-state index contributed by atoms with van der Waals surface area (Å²) in [6.07, 6.45) is 1.78. The van der Waals surface area contributed by atoms with Crippen molar-refractivity contribution in [3.05, 3.63) is 23.9 Å². The average molecular weight is 204 g/mol. The lowest BCUT2D eigenvalue weighted by molar-refractivity contribution is 1.28. The van der Waals surface area contributed by atoms with E-state index in [9.17, 15) is 0 Å². The van der Waals surface area contributed by atoms with E-state index in [1.165, 1.54) is 0 Å². The van der Waals surface area contributed by atoms with Crippen LogP contribution in [0.15, 0.2) is 18.3 Å². The van der Waals surface area contributed by atoms with Crippen LogP contribution in [0.4, 0.5) is 5.82 Å². The second-order valence-electron chi connectivity index (χ2n) is 4.18. The van der Waals surface area contributed by atoms with E-state index in [0.29, 0.717) is 0 Å². The van der Waals surface area contributed by atoms with Crippen LogP contribution in [0, 0.1) is 11.5 Å². The molecular weight excluding hydrogens is 188 g/mol. The summed E-state index contributed by atoms with van der Waals surface area (Å²) in [6, 6.07) is 3.90. The van der Waals surface area contributed by atoms with E-state index in [4.69, 9.17) is 0 Å². The molecule has 2 nitrogen and oxygen atoms in total. The van der Waals surface area contributed by atoms with E-state index in [2.05, 4.69) is 41.4 Å². The van der Waals surface area contributed by atoms with Crippen LogP contribution in [0.5, 0.6) is 0 Å². The Morgan fingerprint density at radius 3 is 2.64 bits per heavy atom. The van der Waals surface area contributed by atoms with E-state index in [1.807, 2.05) is 19.2 Å². The minimum Gasteiger partial charge on any atom is -0.373 e. The molecule has 74 valence electrons. The third kappa shape index (κ3) is 3.63. The second-order valence-corrected chi connectivity index (χ2v) is 8.93. The summed E-state index contributed by atoms with van der Waals surface area (Å²) >= 11 is 0. The molecule has 0 spiro atoms. The Morgan fingerprint density at radius 1 is 1.36 bits per heavy atom. The van der Waals surface area contributed by atoms with Gasteiger partial charge in [0.2, 0.25) is 0 Å². The summed E-state index contributed by atoms with van der Waals surface area (Å²) in [7, 11) is 0.590. The van der Waals surface area contributed by atoms with Gasteiger partial charge in [-0.2, -0.15) is 0 Å². The molecule has 0 aliphatic carbocycles. The quantitative estimate of drug-likeness (QED) is 0.561. The minimum atomic E-state index is -1.27. The summed E-state index contributed by atoms with van der Waals surface area (Å²) in [5.41, 5.74) is 4.36. The van der Waals surface area contributed by atoms with Crippen LogP contribution in [0.2, 0.25) is 19.6 Å².